The first kappa shape index (κ1) is 13.5. The molecule has 1 saturated carbocycles. The van der Waals surface area contributed by atoms with Crippen molar-refractivity contribution < 1.29 is 9.90 Å². The minimum Gasteiger partial charge on any atom is -0.480 e. The van der Waals surface area contributed by atoms with Crippen molar-refractivity contribution in [2.45, 2.75) is 53.0 Å². The van der Waals surface area contributed by atoms with Gasteiger partial charge in [0.2, 0.25) is 0 Å². The summed E-state index contributed by atoms with van der Waals surface area (Å²) in [5.41, 5.74) is -0.507. The monoisotopic (exact) mass is 227 g/mol. The maximum Gasteiger partial charge on any atom is 0.324 e. The number of likely N-dealkylation sites (N-methyl/N-ethyl adjacent to an activating group) is 1. The standard InChI is InChI=1S/C13H25NO2/c1-6-14(7-2)13(11(15)16)9-12(4,5)8-10(13)3/h10H,6-9H2,1-5H3,(H,15,16). The predicted octanol–water partition coefficient (Wildman–Crippen LogP) is 2.61. The highest BCUT2D eigenvalue weighted by Crippen LogP contribution is 2.50. The molecule has 3 nitrogen and oxygen atoms in total. The largest absolute Gasteiger partial charge is 0.480 e. The molecule has 0 aromatic carbocycles. The third-order valence-electron chi connectivity index (χ3n) is 4.12. The highest BCUT2D eigenvalue weighted by Gasteiger charge is 2.56. The average Bonchev–Trinajstić information content (AvgIpc) is 2.39. The topological polar surface area (TPSA) is 40.5 Å². The molecule has 1 N–H and O–H groups in total. The molecule has 2 atom stereocenters. The highest BCUT2D eigenvalue weighted by atomic mass is 16.4. The molecule has 0 heterocycles. The lowest BCUT2D eigenvalue weighted by atomic mass is 9.84. The quantitative estimate of drug-likeness (QED) is 0.802. The molecule has 0 radical (unpaired) electrons. The Kier molecular flexibility index (Phi) is 3.68. The molecule has 0 aliphatic heterocycles. The van der Waals surface area contributed by atoms with Crippen molar-refractivity contribution in [2.24, 2.45) is 11.3 Å². The van der Waals surface area contributed by atoms with Crippen LogP contribution in [0.15, 0.2) is 0 Å². The van der Waals surface area contributed by atoms with Crippen LogP contribution in [0.5, 0.6) is 0 Å². The van der Waals surface area contributed by atoms with Crippen molar-refractivity contribution in [3.63, 3.8) is 0 Å². The van der Waals surface area contributed by atoms with Gasteiger partial charge in [-0.1, -0.05) is 34.6 Å². The maximum absolute atomic E-state index is 11.7. The first-order chi connectivity index (χ1) is 7.30. The van der Waals surface area contributed by atoms with Crippen LogP contribution in [0.2, 0.25) is 0 Å². The van der Waals surface area contributed by atoms with Gasteiger partial charge in [0.05, 0.1) is 0 Å². The van der Waals surface area contributed by atoms with Gasteiger partial charge < -0.3 is 5.11 Å². The molecule has 0 bridgehead atoms. The van der Waals surface area contributed by atoms with Gasteiger partial charge in [-0.2, -0.15) is 0 Å². The molecule has 1 rings (SSSR count). The van der Waals surface area contributed by atoms with Gasteiger partial charge in [0.25, 0.3) is 0 Å². The third kappa shape index (κ3) is 1.97. The van der Waals surface area contributed by atoms with E-state index in [0.717, 1.165) is 25.9 Å². The van der Waals surface area contributed by atoms with Gasteiger partial charge in [-0.15, -0.1) is 0 Å². The van der Waals surface area contributed by atoms with Gasteiger partial charge in [0.15, 0.2) is 0 Å². The second-order valence-electron chi connectivity index (χ2n) is 5.85. The number of rotatable bonds is 4. The Labute approximate surface area is 98.8 Å². The summed E-state index contributed by atoms with van der Waals surface area (Å²) in [5.74, 6) is -0.422. The molecule has 94 valence electrons. The van der Waals surface area contributed by atoms with Crippen LogP contribution in [0.25, 0.3) is 0 Å². The van der Waals surface area contributed by atoms with E-state index in [4.69, 9.17) is 0 Å². The molecule has 0 saturated heterocycles. The highest BCUT2D eigenvalue weighted by molar-refractivity contribution is 5.80. The summed E-state index contributed by atoms with van der Waals surface area (Å²) >= 11 is 0. The Morgan fingerprint density at radius 1 is 1.38 bits per heavy atom. The van der Waals surface area contributed by atoms with Crippen LogP contribution in [0.3, 0.4) is 0 Å². The molecule has 0 spiro atoms. The van der Waals surface area contributed by atoms with Crippen LogP contribution in [-0.2, 0) is 4.79 Å². The Hall–Kier alpha value is -0.570. The molecule has 0 amide bonds. The fraction of sp³-hybridized carbons (Fsp3) is 0.923. The molecule has 0 aromatic heterocycles. The number of hydrogen-bond donors (Lipinski definition) is 1. The Morgan fingerprint density at radius 2 is 1.88 bits per heavy atom. The lowest BCUT2D eigenvalue weighted by Gasteiger charge is -2.40. The Morgan fingerprint density at radius 3 is 2.12 bits per heavy atom. The molecule has 3 heteroatoms. The van der Waals surface area contributed by atoms with Gasteiger partial charge >= 0.3 is 5.97 Å². The number of carboxylic acid groups (broad SMARTS) is 1. The molecule has 1 aliphatic rings. The zero-order chi connectivity index (χ0) is 12.6. The lowest BCUT2D eigenvalue weighted by Crippen LogP contribution is -2.56. The summed E-state index contributed by atoms with van der Waals surface area (Å²) in [4.78, 5) is 13.9. The molecule has 2 unspecified atom stereocenters. The first-order valence-corrected chi connectivity index (χ1v) is 6.28. The van der Waals surface area contributed by atoms with E-state index < -0.39 is 11.5 Å². The van der Waals surface area contributed by atoms with E-state index >= 15 is 0 Å². The van der Waals surface area contributed by atoms with E-state index in [1.165, 1.54) is 0 Å². The summed E-state index contributed by atoms with van der Waals surface area (Å²) < 4.78 is 0. The lowest BCUT2D eigenvalue weighted by molar-refractivity contribution is -0.154. The zero-order valence-electron chi connectivity index (χ0n) is 11.2. The summed E-state index contributed by atoms with van der Waals surface area (Å²) in [5, 5.41) is 9.66. The predicted molar refractivity (Wildman–Crippen MR) is 65.5 cm³/mol. The smallest absolute Gasteiger partial charge is 0.324 e. The average molecular weight is 227 g/mol. The van der Waals surface area contributed by atoms with Gasteiger partial charge in [-0.3, -0.25) is 9.69 Å². The van der Waals surface area contributed by atoms with Crippen LogP contribution in [0, 0.1) is 11.3 Å². The Bertz CT molecular complexity index is 271. The number of aliphatic carboxylic acids is 1. The van der Waals surface area contributed by atoms with Gasteiger partial charge in [-0.05, 0) is 37.3 Å². The van der Waals surface area contributed by atoms with Crippen LogP contribution in [0.1, 0.15) is 47.5 Å². The Balaban J connectivity index is 3.12. The third-order valence-corrected chi connectivity index (χ3v) is 4.12. The van der Waals surface area contributed by atoms with E-state index in [-0.39, 0.29) is 11.3 Å². The SMILES string of the molecule is CCN(CC)C1(C(=O)O)CC(C)(C)CC1C. The number of carboxylic acids is 1. The van der Waals surface area contributed by atoms with Crippen LogP contribution in [0.4, 0.5) is 0 Å². The molecular formula is C13H25NO2. The van der Waals surface area contributed by atoms with Crippen LogP contribution < -0.4 is 0 Å². The van der Waals surface area contributed by atoms with Crippen LogP contribution in [-0.4, -0.2) is 34.6 Å². The van der Waals surface area contributed by atoms with E-state index in [1.54, 1.807) is 0 Å². The van der Waals surface area contributed by atoms with Crippen LogP contribution >= 0.6 is 0 Å². The molecule has 16 heavy (non-hydrogen) atoms. The van der Waals surface area contributed by atoms with E-state index in [9.17, 15) is 9.90 Å². The molecular weight excluding hydrogens is 202 g/mol. The van der Waals surface area contributed by atoms with Gasteiger partial charge in [0, 0.05) is 0 Å². The van der Waals surface area contributed by atoms with Crippen molar-refractivity contribution in [1.82, 2.24) is 4.90 Å². The molecule has 1 aliphatic carbocycles. The minimum atomic E-state index is -0.646. The van der Waals surface area contributed by atoms with E-state index in [0.29, 0.717) is 0 Å². The minimum absolute atomic E-state index is 0.139. The second-order valence-corrected chi connectivity index (χ2v) is 5.85. The number of carbonyl (C=O) groups is 1. The van der Waals surface area contributed by atoms with Crippen molar-refractivity contribution in [3.05, 3.63) is 0 Å². The second kappa shape index (κ2) is 4.36. The fourth-order valence-electron chi connectivity index (χ4n) is 3.61. The van der Waals surface area contributed by atoms with E-state index in [1.807, 2.05) is 13.8 Å². The summed E-state index contributed by atoms with van der Waals surface area (Å²) in [6.45, 7) is 12.2. The fourth-order valence-corrected chi connectivity index (χ4v) is 3.61. The number of hydrogen-bond acceptors (Lipinski definition) is 2. The molecule has 0 aromatic rings. The van der Waals surface area contributed by atoms with E-state index in [2.05, 4.69) is 25.7 Å². The van der Waals surface area contributed by atoms with Crippen molar-refractivity contribution >= 4 is 5.97 Å². The van der Waals surface area contributed by atoms with Gasteiger partial charge in [-0.25, -0.2) is 0 Å². The summed E-state index contributed by atoms with van der Waals surface area (Å²) in [6.07, 6.45) is 1.76. The maximum atomic E-state index is 11.7. The van der Waals surface area contributed by atoms with Crippen molar-refractivity contribution in [3.8, 4) is 0 Å². The number of nitrogens with zero attached hydrogens (tertiary/aromatic N) is 1. The normalized spacial score (nSPS) is 33.2. The molecule has 1 fully saturated rings. The summed E-state index contributed by atoms with van der Waals surface area (Å²) in [7, 11) is 0. The van der Waals surface area contributed by atoms with Crippen molar-refractivity contribution in [1.29, 1.82) is 0 Å². The summed E-state index contributed by atoms with van der Waals surface area (Å²) in [6, 6.07) is 0. The van der Waals surface area contributed by atoms with Crippen molar-refractivity contribution in [2.75, 3.05) is 13.1 Å². The zero-order valence-corrected chi connectivity index (χ0v) is 11.2. The first-order valence-electron chi connectivity index (χ1n) is 6.28. The van der Waals surface area contributed by atoms with Gasteiger partial charge in [0.1, 0.15) is 5.54 Å².